The van der Waals surface area contributed by atoms with Crippen LogP contribution in [0.4, 0.5) is 0 Å². The minimum Gasteiger partial charge on any atom is -0.292 e. The smallest absolute Gasteiger partial charge is 0.186 e. The molecule has 13 heavy (non-hydrogen) atoms. The quantitative estimate of drug-likeness (QED) is 0.646. The van der Waals surface area contributed by atoms with Crippen molar-refractivity contribution in [1.82, 2.24) is 9.78 Å². The topological polar surface area (TPSA) is 34.9 Å². The first-order valence-corrected chi connectivity index (χ1v) is 4.58. The van der Waals surface area contributed by atoms with E-state index in [1.54, 1.807) is 10.9 Å². The number of carbonyl (C=O) groups is 1. The van der Waals surface area contributed by atoms with Gasteiger partial charge in [-0.05, 0) is 25.3 Å². The van der Waals surface area contributed by atoms with Crippen molar-refractivity contribution in [3.8, 4) is 0 Å². The van der Waals surface area contributed by atoms with Crippen LogP contribution in [0.25, 0.3) is 0 Å². The summed E-state index contributed by atoms with van der Waals surface area (Å²) >= 11 is 0. The molecule has 1 fully saturated rings. The van der Waals surface area contributed by atoms with Crippen molar-refractivity contribution in [3.05, 3.63) is 17.5 Å². The van der Waals surface area contributed by atoms with Crippen LogP contribution in [-0.4, -0.2) is 15.6 Å². The largest absolute Gasteiger partial charge is 0.292 e. The summed E-state index contributed by atoms with van der Waals surface area (Å²) in [7, 11) is 1.83. The molecule has 1 aromatic heterocycles. The maximum atomic E-state index is 12.0. The van der Waals surface area contributed by atoms with Crippen molar-refractivity contribution < 1.29 is 4.79 Å². The van der Waals surface area contributed by atoms with Gasteiger partial charge < -0.3 is 0 Å². The first-order chi connectivity index (χ1) is 6.04. The van der Waals surface area contributed by atoms with Gasteiger partial charge in [0.15, 0.2) is 5.78 Å². The molecule has 0 N–H and O–H groups in total. The summed E-state index contributed by atoms with van der Waals surface area (Å²) in [5.74, 6) is 0.255. The highest BCUT2D eigenvalue weighted by Gasteiger charge is 2.46. The normalized spacial score (nSPS) is 18.7. The van der Waals surface area contributed by atoms with E-state index >= 15 is 0 Å². The molecular formula is C10H14N2O. The maximum Gasteiger partial charge on any atom is 0.186 e. The molecule has 2 rings (SSSR count). The summed E-state index contributed by atoms with van der Waals surface area (Å²) in [6, 6.07) is 0. The van der Waals surface area contributed by atoms with Crippen LogP contribution in [0.3, 0.4) is 0 Å². The lowest BCUT2D eigenvalue weighted by Crippen LogP contribution is -2.17. The zero-order valence-corrected chi connectivity index (χ0v) is 8.29. The van der Waals surface area contributed by atoms with Gasteiger partial charge in [0.05, 0.1) is 6.20 Å². The molecule has 1 aliphatic rings. The van der Waals surface area contributed by atoms with Crippen molar-refractivity contribution in [3.63, 3.8) is 0 Å². The molecule has 3 heteroatoms. The predicted molar refractivity (Wildman–Crippen MR) is 49.6 cm³/mol. The maximum absolute atomic E-state index is 12.0. The lowest BCUT2D eigenvalue weighted by atomic mass is 9.99. The molecule has 0 atom stereocenters. The molecule has 0 amide bonds. The number of rotatable bonds is 2. The molecule has 1 saturated carbocycles. The Kier molecular flexibility index (Phi) is 1.59. The monoisotopic (exact) mass is 178 g/mol. The molecule has 3 nitrogen and oxygen atoms in total. The number of aryl methyl sites for hydroxylation is 2. The molecule has 0 aliphatic heterocycles. The summed E-state index contributed by atoms with van der Waals surface area (Å²) < 4.78 is 1.68. The summed E-state index contributed by atoms with van der Waals surface area (Å²) in [6.07, 6.45) is 3.80. The Labute approximate surface area is 77.7 Å². The number of hydrogen-bond acceptors (Lipinski definition) is 2. The van der Waals surface area contributed by atoms with E-state index in [4.69, 9.17) is 0 Å². The lowest BCUT2D eigenvalue weighted by Gasteiger charge is -2.07. The van der Waals surface area contributed by atoms with Gasteiger partial charge in [0.2, 0.25) is 0 Å². The number of nitrogens with zero attached hydrogens (tertiary/aromatic N) is 2. The molecule has 0 saturated heterocycles. The highest BCUT2D eigenvalue weighted by molar-refractivity contribution is 6.01. The van der Waals surface area contributed by atoms with Crippen LogP contribution in [0.5, 0.6) is 0 Å². The molecule has 1 aromatic rings. The number of hydrogen-bond donors (Lipinski definition) is 0. The van der Waals surface area contributed by atoms with Gasteiger partial charge >= 0.3 is 0 Å². The van der Waals surface area contributed by atoms with Crippen LogP contribution in [0.15, 0.2) is 6.20 Å². The molecular weight excluding hydrogens is 164 g/mol. The Morgan fingerprint density at radius 2 is 2.23 bits per heavy atom. The Hall–Kier alpha value is -1.12. The minimum absolute atomic E-state index is 0.0848. The predicted octanol–water partition coefficient (Wildman–Crippen LogP) is 1.71. The zero-order valence-electron chi connectivity index (χ0n) is 8.29. The summed E-state index contributed by atoms with van der Waals surface area (Å²) in [6.45, 7) is 3.97. The molecule has 0 aromatic carbocycles. The summed E-state index contributed by atoms with van der Waals surface area (Å²) in [5, 5.41) is 4.07. The highest BCUT2D eigenvalue weighted by Crippen LogP contribution is 2.47. The van der Waals surface area contributed by atoms with E-state index in [9.17, 15) is 4.79 Å². The standard InChI is InChI=1S/C10H14N2O/c1-7-6-11-12(3)8(7)9(13)10(2)4-5-10/h6H,4-5H2,1-3H3. The first-order valence-electron chi connectivity index (χ1n) is 4.58. The second kappa shape index (κ2) is 2.44. The van der Waals surface area contributed by atoms with Gasteiger partial charge in [0.25, 0.3) is 0 Å². The van der Waals surface area contributed by atoms with Crippen LogP contribution < -0.4 is 0 Å². The number of Topliss-reactive ketones (excluding diaryl/α,β-unsaturated/α-hetero) is 1. The van der Waals surface area contributed by atoms with Crippen molar-refractivity contribution in [2.45, 2.75) is 26.7 Å². The second-order valence-electron chi connectivity index (χ2n) is 4.19. The fourth-order valence-corrected chi connectivity index (χ4v) is 1.57. The molecule has 1 heterocycles. The van der Waals surface area contributed by atoms with E-state index in [-0.39, 0.29) is 11.2 Å². The number of aromatic nitrogens is 2. The van der Waals surface area contributed by atoms with Gasteiger partial charge in [-0.1, -0.05) is 6.92 Å². The van der Waals surface area contributed by atoms with E-state index in [2.05, 4.69) is 5.10 Å². The van der Waals surface area contributed by atoms with Crippen molar-refractivity contribution in [1.29, 1.82) is 0 Å². The Bertz CT molecular complexity index is 342. The Balaban J connectivity index is 2.40. The van der Waals surface area contributed by atoms with Gasteiger partial charge in [-0.25, -0.2) is 0 Å². The molecule has 0 radical (unpaired) electrons. The molecule has 70 valence electrons. The Morgan fingerprint density at radius 1 is 1.62 bits per heavy atom. The first kappa shape index (κ1) is 8.48. The Morgan fingerprint density at radius 3 is 2.62 bits per heavy atom. The van der Waals surface area contributed by atoms with E-state index in [0.717, 1.165) is 24.1 Å². The summed E-state index contributed by atoms with van der Waals surface area (Å²) in [4.78, 5) is 12.0. The SMILES string of the molecule is Cc1cnn(C)c1C(=O)C1(C)CC1. The average Bonchev–Trinajstić information content (AvgIpc) is 2.73. The third kappa shape index (κ3) is 1.19. The van der Waals surface area contributed by atoms with E-state index < -0.39 is 0 Å². The van der Waals surface area contributed by atoms with Crippen LogP contribution in [-0.2, 0) is 7.05 Å². The van der Waals surface area contributed by atoms with Crippen LogP contribution >= 0.6 is 0 Å². The van der Waals surface area contributed by atoms with Gasteiger partial charge in [-0.15, -0.1) is 0 Å². The third-order valence-corrected chi connectivity index (χ3v) is 2.88. The van der Waals surface area contributed by atoms with E-state index in [0.29, 0.717) is 0 Å². The molecule has 0 spiro atoms. The minimum atomic E-state index is -0.0848. The van der Waals surface area contributed by atoms with Gasteiger partial charge in [-0.3, -0.25) is 9.48 Å². The fourth-order valence-electron chi connectivity index (χ4n) is 1.57. The van der Waals surface area contributed by atoms with E-state index in [1.165, 1.54) is 0 Å². The average molecular weight is 178 g/mol. The zero-order chi connectivity index (χ0) is 9.64. The lowest BCUT2D eigenvalue weighted by molar-refractivity contribution is 0.0902. The summed E-state index contributed by atoms with van der Waals surface area (Å²) in [5.41, 5.74) is 1.68. The van der Waals surface area contributed by atoms with Crippen LogP contribution in [0, 0.1) is 12.3 Å². The molecule has 0 bridgehead atoms. The van der Waals surface area contributed by atoms with Gasteiger partial charge in [-0.2, -0.15) is 5.10 Å². The second-order valence-corrected chi connectivity index (χ2v) is 4.19. The molecule has 0 unspecified atom stereocenters. The highest BCUT2D eigenvalue weighted by atomic mass is 16.1. The number of ketones is 1. The van der Waals surface area contributed by atoms with Crippen LogP contribution in [0.2, 0.25) is 0 Å². The van der Waals surface area contributed by atoms with Crippen molar-refractivity contribution >= 4 is 5.78 Å². The van der Waals surface area contributed by atoms with Crippen LogP contribution in [0.1, 0.15) is 35.8 Å². The van der Waals surface area contributed by atoms with Crippen molar-refractivity contribution in [2.75, 3.05) is 0 Å². The van der Waals surface area contributed by atoms with Crippen molar-refractivity contribution in [2.24, 2.45) is 12.5 Å². The number of carbonyl (C=O) groups excluding carboxylic acids is 1. The van der Waals surface area contributed by atoms with Gasteiger partial charge in [0, 0.05) is 12.5 Å². The van der Waals surface area contributed by atoms with E-state index in [1.807, 2.05) is 20.9 Å². The molecule has 1 aliphatic carbocycles. The third-order valence-electron chi connectivity index (χ3n) is 2.88. The van der Waals surface area contributed by atoms with Gasteiger partial charge in [0.1, 0.15) is 5.69 Å². The fraction of sp³-hybridized carbons (Fsp3) is 0.600.